The van der Waals surface area contributed by atoms with Crippen LogP contribution in [0.15, 0.2) is 59.6 Å². The molecular weight excluding hydrogens is 446 g/mol. The number of ether oxygens (including phenoxy) is 1. The zero-order valence-corrected chi connectivity index (χ0v) is 18.9. The second kappa shape index (κ2) is 9.96. The standard InChI is InChI=1S/C23H26F2N6O3/c1-5-7-15(6-2)20-19(16-8-9-18(33)29(3)11-16)21(31(14-32)22(26)27-20)28-30(4)12-17-10-23(24,25)13-34-17/h5-9,11,14,17H,1-2,10,12-13H2,3-4H3,(H2,26,27)/b15-7+,28-21-/t17-/m0/s1. The van der Waals surface area contributed by atoms with E-state index in [0.717, 1.165) is 4.57 Å². The fraction of sp³-hybridized carbons (Fsp3) is 0.304. The first kappa shape index (κ1) is 24.8. The molecule has 0 saturated carbocycles. The van der Waals surface area contributed by atoms with Gasteiger partial charge in [0.05, 0.1) is 23.9 Å². The van der Waals surface area contributed by atoms with Gasteiger partial charge in [-0.2, -0.15) is 5.10 Å². The number of aromatic nitrogens is 3. The number of carbonyl (C=O) groups is 1. The predicted octanol–water partition coefficient (Wildman–Crippen LogP) is 1.80. The zero-order chi connectivity index (χ0) is 25.0. The highest BCUT2D eigenvalue weighted by molar-refractivity contribution is 5.84. The zero-order valence-electron chi connectivity index (χ0n) is 18.9. The van der Waals surface area contributed by atoms with Crippen LogP contribution >= 0.6 is 0 Å². The number of hydrogen-bond acceptors (Lipinski definition) is 7. The molecule has 1 saturated heterocycles. The molecule has 0 bridgehead atoms. The Morgan fingerprint density at radius 3 is 2.74 bits per heavy atom. The fourth-order valence-corrected chi connectivity index (χ4v) is 3.65. The topological polar surface area (TPSA) is 108 Å². The Hall–Kier alpha value is -3.86. The Bertz CT molecular complexity index is 1280. The SMILES string of the molecule is C=C/C=C(\C=C)c1nc(N)n(C=O)/c(=N\N(C)C[C@@H]2CC(F)(F)CO2)c1-c1ccc(=O)n(C)c1. The maximum atomic E-state index is 13.6. The molecule has 9 nitrogen and oxygen atoms in total. The molecule has 0 unspecified atom stereocenters. The molecule has 1 atom stereocenters. The van der Waals surface area contributed by atoms with E-state index in [1.807, 2.05) is 0 Å². The third kappa shape index (κ3) is 5.20. The number of nitrogens with two attached hydrogens (primary N) is 1. The van der Waals surface area contributed by atoms with Crippen molar-refractivity contribution >= 4 is 17.9 Å². The highest BCUT2D eigenvalue weighted by Crippen LogP contribution is 2.30. The van der Waals surface area contributed by atoms with E-state index in [9.17, 15) is 18.4 Å². The minimum atomic E-state index is -2.89. The largest absolute Gasteiger partial charge is 0.370 e. The van der Waals surface area contributed by atoms with Crippen molar-refractivity contribution < 1.29 is 18.3 Å². The van der Waals surface area contributed by atoms with E-state index in [2.05, 4.69) is 23.2 Å². The Morgan fingerprint density at radius 2 is 2.18 bits per heavy atom. The second-order valence-electron chi connectivity index (χ2n) is 7.85. The molecule has 2 N–H and O–H groups in total. The second-order valence-corrected chi connectivity index (χ2v) is 7.85. The number of allylic oxidation sites excluding steroid dienone is 4. The number of alkyl halides is 2. The molecule has 2 aromatic heterocycles. The Morgan fingerprint density at radius 1 is 1.44 bits per heavy atom. The monoisotopic (exact) mass is 472 g/mol. The average molecular weight is 472 g/mol. The molecule has 1 fully saturated rings. The van der Waals surface area contributed by atoms with Crippen LogP contribution < -0.4 is 16.8 Å². The predicted molar refractivity (Wildman–Crippen MR) is 125 cm³/mol. The van der Waals surface area contributed by atoms with E-state index in [1.54, 1.807) is 44.6 Å². The van der Waals surface area contributed by atoms with Gasteiger partial charge in [0.2, 0.25) is 17.9 Å². The van der Waals surface area contributed by atoms with Crippen molar-refractivity contribution in [3.05, 3.63) is 71.3 Å². The molecule has 0 amide bonds. The Kier molecular flexibility index (Phi) is 7.26. The number of rotatable bonds is 8. The van der Waals surface area contributed by atoms with Crippen LogP contribution in [0.1, 0.15) is 12.1 Å². The Labute approximate surface area is 194 Å². The van der Waals surface area contributed by atoms with E-state index in [1.165, 1.54) is 15.6 Å². The minimum absolute atomic E-state index is 0.0511. The lowest BCUT2D eigenvalue weighted by Gasteiger charge is -2.20. The quantitative estimate of drug-likeness (QED) is 0.357. The van der Waals surface area contributed by atoms with Crippen molar-refractivity contribution in [2.45, 2.75) is 18.4 Å². The third-order valence-electron chi connectivity index (χ3n) is 5.22. The molecule has 180 valence electrons. The van der Waals surface area contributed by atoms with Gasteiger partial charge in [0, 0.05) is 43.9 Å². The number of aryl methyl sites for hydroxylation is 1. The van der Waals surface area contributed by atoms with E-state index < -0.39 is 25.1 Å². The van der Waals surface area contributed by atoms with Crippen LogP contribution in [0, 0.1) is 0 Å². The molecule has 0 spiro atoms. The lowest BCUT2D eigenvalue weighted by molar-refractivity contribution is -0.0110. The Balaban J connectivity index is 2.29. The first-order valence-electron chi connectivity index (χ1n) is 10.3. The molecule has 3 heterocycles. The van der Waals surface area contributed by atoms with Crippen molar-refractivity contribution in [3.63, 3.8) is 0 Å². The molecule has 0 radical (unpaired) electrons. The van der Waals surface area contributed by atoms with Gasteiger partial charge < -0.3 is 15.0 Å². The maximum Gasteiger partial charge on any atom is 0.273 e. The molecule has 0 aliphatic carbocycles. The van der Waals surface area contributed by atoms with E-state index in [-0.39, 0.29) is 23.5 Å². The van der Waals surface area contributed by atoms with Crippen molar-refractivity contribution in [2.75, 3.05) is 25.9 Å². The van der Waals surface area contributed by atoms with Crippen molar-refractivity contribution in [1.29, 1.82) is 0 Å². The summed E-state index contributed by atoms with van der Waals surface area (Å²) in [5.41, 5.74) is 7.73. The van der Waals surface area contributed by atoms with E-state index in [4.69, 9.17) is 10.5 Å². The van der Waals surface area contributed by atoms with E-state index >= 15 is 0 Å². The number of halogens is 2. The molecular formula is C23H26F2N6O3. The van der Waals surface area contributed by atoms with Crippen LogP contribution in [-0.4, -0.2) is 57.8 Å². The lowest BCUT2D eigenvalue weighted by atomic mass is 10.0. The average Bonchev–Trinajstić information content (AvgIpc) is 3.11. The lowest BCUT2D eigenvalue weighted by Crippen LogP contribution is -2.34. The summed E-state index contributed by atoms with van der Waals surface area (Å²) in [6.07, 6.45) is 5.60. The van der Waals surface area contributed by atoms with Crippen LogP contribution in [0.25, 0.3) is 16.7 Å². The first-order chi connectivity index (χ1) is 16.1. The maximum absolute atomic E-state index is 13.6. The number of likely N-dealkylation sites (N-methyl/N-ethyl adjacent to an activating group) is 1. The van der Waals surface area contributed by atoms with Gasteiger partial charge in [0.15, 0.2) is 5.49 Å². The molecule has 3 rings (SSSR count). The number of nitrogens with zero attached hydrogens (tertiary/aromatic N) is 5. The number of nitrogen functional groups attached to an aromatic ring is 1. The normalized spacial score (nSPS) is 18.1. The van der Waals surface area contributed by atoms with Gasteiger partial charge in [-0.15, -0.1) is 0 Å². The summed E-state index contributed by atoms with van der Waals surface area (Å²) in [4.78, 5) is 28.3. The van der Waals surface area contributed by atoms with Crippen molar-refractivity contribution in [2.24, 2.45) is 12.1 Å². The van der Waals surface area contributed by atoms with Gasteiger partial charge in [-0.25, -0.2) is 18.3 Å². The summed E-state index contributed by atoms with van der Waals surface area (Å²) in [7, 11) is 3.16. The fourth-order valence-electron chi connectivity index (χ4n) is 3.65. The van der Waals surface area contributed by atoms with Crippen LogP contribution in [-0.2, 0) is 16.6 Å². The molecule has 1 aliphatic rings. The smallest absolute Gasteiger partial charge is 0.273 e. The summed E-state index contributed by atoms with van der Waals surface area (Å²) >= 11 is 0. The van der Waals surface area contributed by atoms with Crippen molar-refractivity contribution in [3.8, 4) is 11.1 Å². The van der Waals surface area contributed by atoms with Gasteiger partial charge in [0.25, 0.3) is 5.92 Å². The van der Waals surface area contributed by atoms with Gasteiger partial charge in [-0.1, -0.05) is 31.4 Å². The van der Waals surface area contributed by atoms with Crippen LogP contribution in [0.4, 0.5) is 14.7 Å². The summed E-state index contributed by atoms with van der Waals surface area (Å²) in [6, 6.07) is 2.94. The van der Waals surface area contributed by atoms with Crippen LogP contribution in [0.3, 0.4) is 0 Å². The number of anilines is 1. The van der Waals surface area contributed by atoms with Gasteiger partial charge in [-0.3, -0.25) is 14.6 Å². The number of carbonyl (C=O) groups excluding carboxylic acids is 1. The molecule has 0 aromatic carbocycles. The first-order valence-corrected chi connectivity index (χ1v) is 10.3. The highest BCUT2D eigenvalue weighted by atomic mass is 19.3. The van der Waals surface area contributed by atoms with Crippen LogP contribution in [0.2, 0.25) is 0 Å². The highest BCUT2D eigenvalue weighted by Gasteiger charge is 2.41. The van der Waals surface area contributed by atoms with Gasteiger partial charge in [0.1, 0.15) is 6.61 Å². The van der Waals surface area contributed by atoms with E-state index in [0.29, 0.717) is 28.8 Å². The molecule has 2 aromatic rings. The van der Waals surface area contributed by atoms with Gasteiger partial charge in [-0.05, 0) is 6.07 Å². The number of hydrogen-bond donors (Lipinski definition) is 1. The van der Waals surface area contributed by atoms with Gasteiger partial charge >= 0.3 is 0 Å². The summed E-state index contributed by atoms with van der Waals surface area (Å²) in [5.74, 6) is -3.04. The van der Waals surface area contributed by atoms with Crippen LogP contribution in [0.5, 0.6) is 0 Å². The third-order valence-corrected chi connectivity index (χ3v) is 5.22. The summed E-state index contributed by atoms with van der Waals surface area (Å²) in [6.45, 7) is 6.91. The summed E-state index contributed by atoms with van der Waals surface area (Å²) in [5, 5.41) is 5.92. The molecule has 1 aliphatic heterocycles. The van der Waals surface area contributed by atoms with Crippen molar-refractivity contribution in [1.82, 2.24) is 19.1 Å². The number of pyridine rings is 1. The molecule has 34 heavy (non-hydrogen) atoms. The molecule has 11 heteroatoms. The minimum Gasteiger partial charge on any atom is -0.370 e. The summed E-state index contributed by atoms with van der Waals surface area (Å²) < 4.78 is 34.7.